The van der Waals surface area contributed by atoms with Gasteiger partial charge in [0.2, 0.25) is 0 Å². The molecule has 110 valence electrons. The number of rotatable bonds is 3. The Labute approximate surface area is 114 Å². The second-order valence-corrected chi connectivity index (χ2v) is 4.74. The summed E-state index contributed by atoms with van der Waals surface area (Å²) in [5.41, 5.74) is 1.40. The Morgan fingerprint density at radius 3 is 2.75 bits per heavy atom. The maximum atomic E-state index is 13.0. The molecule has 0 spiro atoms. The SMILES string of the molecule is CCNC(c1ccc2c(c1)CN(C)C(=O)N2)C(F)(F)F. The Balaban J connectivity index is 2.34. The first kappa shape index (κ1) is 14.6. The molecule has 1 aliphatic heterocycles. The minimum absolute atomic E-state index is 0.155. The third-order valence-corrected chi connectivity index (χ3v) is 3.19. The Bertz CT molecular complexity index is 516. The summed E-state index contributed by atoms with van der Waals surface area (Å²) in [5, 5.41) is 5.07. The van der Waals surface area contributed by atoms with Gasteiger partial charge in [0.25, 0.3) is 0 Å². The highest BCUT2D eigenvalue weighted by Crippen LogP contribution is 2.35. The largest absolute Gasteiger partial charge is 0.407 e. The van der Waals surface area contributed by atoms with Crippen LogP contribution in [0.15, 0.2) is 18.2 Å². The number of fused-ring (bicyclic) bond motifs is 1. The number of urea groups is 1. The molecule has 1 unspecified atom stereocenters. The predicted octanol–water partition coefficient (Wildman–Crippen LogP) is 2.88. The van der Waals surface area contributed by atoms with Gasteiger partial charge in [0.15, 0.2) is 0 Å². The Hall–Kier alpha value is -1.76. The van der Waals surface area contributed by atoms with E-state index in [0.717, 1.165) is 0 Å². The zero-order valence-electron chi connectivity index (χ0n) is 11.2. The van der Waals surface area contributed by atoms with Gasteiger partial charge < -0.3 is 15.5 Å². The van der Waals surface area contributed by atoms with Crippen LogP contribution in [0.4, 0.5) is 23.7 Å². The van der Waals surface area contributed by atoms with Crippen LogP contribution in [-0.4, -0.2) is 30.7 Å². The lowest BCUT2D eigenvalue weighted by atomic mass is 10.0. The number of hydrogen-bond acceptors (Lipinski definition) is 2. The van der Waals surface area contributed by atoms with Crippen molar-refractivity contribution in [3.63, 3.8) is 0 Å². The van der Waals surface area contributed by atoms with E-state index in [9.17, 15) is 18.0 Å². The van der Waals surface area contributed by atoms with Crippen LogP contribution >= 0.6 is 0 Å². The maximum absolute atomic E-state index is 13.0. The molecule has 0 saturated carbocycles. The first-order valence-electron chi connectivity index (χ1n) is 6.28. The van der Waals surface area contributed by atoms with E-state index in [-0.39, 0.29) is 18.1 Å². The number of carbonyl (C=O) groups excluding carboxylic acids is 1. The molecule has 1 aliphatic rings. The Morgan fingerprint density at radius 2 is 2.15 bits per heavy atom. The van der Waals surface area contributed by atoms with E-state index in [1.807, 2.05) is 0 Å². The molecule has 7 heteroatoms. The third-order valence-electron chi connectivity index (χ3n) is 3.19. The minimum Gasteiger partial charge on any atom is -0.323 e. The first-order chi connectivity index (χ1) is 9.32. The lowest BCUT2D eigenvalue weighted by Crippen LogP contribution is -2.36. The van der Waals surface area contributed by atoms with Crippen molar-refractivity contribution in [1.82, 2.24) is 10.2 Å². The van der Waals surface area contributed by atoms with Crippen LogP contribution in [0, 0.1) is 0 Å². The molecule has 2 N–H and O–H groups in total. The number of nitrogens with one attached hydrogen (secondary N) is 2. The lowest BCUT2D eigenvalue weighted by Gasteiger charge is -2.28. The highest BCUT2D eigenvalue weighted by atomic mass is 19.4. The summed E-state index contributed by atoms with van der Waals surface area (Å²) in [7, 11) is 1.59. The molecule has 0 aromatic heterocycles. The number of alkyl halides is 3. The molecule has 20 heavy (non-hydrogen) atoms. The van der Waals surface area contributed by atoms with Gasteiger partial charge in [-0.15, -0.1) is 0 Å². The van der Waals surface area contributed by atoms with Crippen LogP contribution in [0.3, 0.4) is 0 Å². The molecule has 2 rings (SSSR count). The van der Waals surface area contributed by atoms with Gasteiger partial charge in [-0.1, -0.05) is 19.1 Å². The van der Waals surface area contributed by atoms with Gasteiger partial charge in [0.05, 0.1) is 0 Å². The van der Waals surface area contributed by atoms with E-state index >= 15 is 0 Å². The Morgan fingerprint density at radius 1 is 1.45 bits per heavy atom. The highest BCUT2D eigenvalue weighted by molar-refractivity contribution is 5.92. The summed E-state index contributed by atoms with van der Waals surface area (Å²) in [5.74, 6) is 0. The van der Waals surface area contributed by atoms with E-state index in [0.29, 0.717) is 17.8 Å². The summed E-state index contributed by atoms with van der Waals surface area (Å²) in [4.78, 5) is 12.9. The fourth-order valence-corrected chi connectivity index (χ4v) is 2.21. The monoisotopic (exact) mass is 287 g/mol. The Kier molecular flexibility index (Phi) is 3.89. The van der Waals surface area contributed by atoms with Crippen LogP contribution in [0.5, 0.6) is 0 Å². The molecular weight excluding hydrogens is 271 g/mol. The average molecular weight is 287 g/mol. The molecule has 4 nitrogen and oxygen atoms in total. The lowest BCUT2D eigenvalue weighted by molar-refractivity contribution is -0.157. The van der Waals surface area contributed by atoms with Crippen LogP contribution < -0.4 is 10.6 Å². The van der Waals surface area contributed by atoms with Gasteiger partial charge in [0, 0.05) is 19.3 Å². The van der Waals surface area contributed by atoms with Crippen LogP contribution in [0.2, 0.25) is 0 Å². The number of hydrogen-bond donors (Lipinski definition) is 2. The summed E-state index contributed by atoms with van der Waals surface area (Å²) >= 11 is 0. The van der Waals surface area contributed by atoms with Gasteiger partial charge in [0.1, 0.15) is 6.04 Å². The smallest absolute Gasteiger partial charge is 0.323 e. The van der Waals surface area contributed by atoms with E-state index < -0.39 is 12.2 Å². The van der Waals surface area contributed by atoms with Crippen LogP contribution in [0.25, 0.3) is 0 Å². The fourth-order valence-electron chi connectivity index (χ4n) is 2.21. The van der Waals surface area contributed by atoms with Crippen LogP contribution in [-0.2, 0) is 6.54 Å². The van der Waals surface area contributed by atoms with E-state index in [1.165, 1.54) is 23.1 Å². The molecule has 1 heterocycles. The molecule has 1 aromatic rings. The number of carbonyl (C=O) groups is 1. The third kappa shape index (κ3) is 2.87. The van der Waals surface area contributed by atoms with Crippen molar-refractivity contribution in [2.75, 3.05) is 18.9 Å². The number of nitrogens with zero attached hydrogens (tertiary/aromatic N) is 1. The number of amides is 2. The van der Waals surface area contributed by atoms with Crippen molar-refractivity contribution in [1.29, 1.82) is 0 Å². The van der Waals surface area contributed by atoms with Crippen molar-refractivity contribution in [2.45, 2.75) is 25.7 Å². The molecule has 0 saturated heterocycles. The van der Waals surface area contributed by atoms with Gasteiger partial charge in [-0.3, -0.25) is 0 Å². The second-order valence-electron chi connectivity index (χ2n) is 4.74. The first-order valence-corrected chi connectivity index (χ1v) is 6.28. The van der Waals surface area contributed by atoms with Gasteiger partial charge in [-0.2, -0.15) is 13.2 Å². The second kappa shape index (κ2) is 5.32. The van der Waals surface area contributed by atoms with Crippen molar-refractivity contribution in [3.8, 4) is 0 Å². The van der Waals surface area contributed by atoms with Gasteiger partial charge in [-0.05, 0) is 23.7 Å². The predicted molar refractivity (Wildman–Crippen MR) is 69.4 cm³/mol. The maximum Gasteiger partial charge on any atom is 0.407 e. The zero-order chi connectivity index (χ0) is 14.9. The molecule has 0 bridgehead atoms. The van der Waals surface area contributed by atoms with Crippen molar-refractivity contribution in [2.24, 2.45) is 0 Å². The molecule has 0 radical (unpaired) electrons. The molecule has 1 aromatic carbocycles. The zero-order valence-corrected chi connectivity index (χ0v) is 11.2. The average Bonchev–Trinajstić information content (AvgIpc) is 2.35. The van der Waals surface area contributed by atoms with Crippen molar-refractivity contribution < 1.29 is 18.0 Å². The number of halogens is 3. The van der Waals surface area contributed by atoms with Crippen LogP contribution in [0.1, 0.15) is 24.1 Å². The summed E-state index contributed by atoms with van der Waals surface area (Å²) in [6.07, 6.45) is -4.35. The van der Waals surface area contributed by atoms with E-state index in [4.69, 9.17) is 0 Å². The fraction of sp³-hybridized carbons (Fsp3) is 0.462. The normalized spacial score (nSPS) is 16.6. The number of benzene rings is 1. The van der Waals surface area contributed by atoms with Gasteiger partial charge >= 0.3 is 12.2 Å². The molecular formula is C13H16F3N3O. The van der Waals surface area contributed by atoms with Crippen molar-refractivity contribution in [3.05, 3.63) is 29.3 Å². The van der Waals surface area contributed by atoms with E-state index in [1.54, 1.807) is 14.0 Å². The molecule has 0 fully saturated rings. The minimum atomic E-state index is -4.35. The van der Waals surface area contributed by atoms with Crippen molar-refractivity contribution >= 4 is 11.7 Å². The van der Waals surface area contributed by atoms with Gasteiger partial charge in [-0.25, -0.2) is 4.79 Å². The summed E-state index contributed by atoms with van der Waals surface area (Å²) < 4.78 is 39.1. The number of anilines is 1. The standard InChI is InChI=1S/C13H16F3N3O/c1-3-17-11(13(14,15)16)8-4-5-10-9(6-8)7-19(2)12(20)18-10/h4-6,11,17H,3,7H2,1-2H3,(H,18,20). The topological polar surface area (TPSA) is 44.4 Å². The highest BCUT2D eigenvalue weighted by Gasteiger charge is 2.40. The van der Waals surface area contributed by atoms with E-state index in [2.05, 4.69) is 10.6 Å². The molecule has 2 amide bonds. The molecule has 0 aliphatic carbocycles. The molecule has 1 atom stereocenters. The quantitative estimate of drug-likeness (QED) is 0.898. The summed E-state index contributed by atoms with van der Waals surface area (Å²) in [6, 6.07) is 2.45. The summed E-state index contributed by atoms with van der Waals surface area (Å²) in [6.45, 7) is 2.15.